The van der Waals surface area contributed by atoms with Gasteiger partial charge in [-0.15, -0.1) is 0 Å². The number of ketones is 2. The van der Waals surface area contributed by atoms with Gasteiger partial charge in [-0.2, -0.15) is 0 Å². The predicted octanol–water partition coefficient (Wildman–Crippen LogP) is 2.72. The molecule has 1 amide bonds. The highest BCUT2D eigenvalue weighted by Gasteiger charge is 2.21. The molecule has 138 valence electrons. The van der Waals surface area contributed by atoms with Crippen LogP contribution in [0.2, 0.25) is 0 Å². The summed E-state index contributed by atoms with van der Waals surface area (Å²) in [5, 5.41) is 5.66. The lowest BCUT2D eigenvalue weighted by molar-refractivity contribution is -0.119. The number of alkyl carbamates (subject to hydrolysis) is 1. The molecule has 1 aromatic carbocycles. The lowest BCUT2D eigenvalue weighted by Gasteiger charge is -2.22. The summed E-state index contributed by atoms with van der Waals surface area (Å²) in [4.78, 5) is 35.4. The topological polar surface area (TPSA) is 84.5 Å². The second-order valence-electron chi connectivity index (χ2n) is 6.92. The van der Waals surface area contributed by atoms with Gasteiger partial charge in [-0.05, 0) is 47.1 Å². The molecule has 6 nitrogen and oxygen atoms in total. The minimum absolute atomic E-state index is 0.0237. The summed E-state index contributed by atoms with van der Waals surface area (Å²) >= 11 is 0. The highest BCUT2D eigenvalue weighted by molar-refractivity contribution is 5.97. The van der Waals surface area contributed by atoms with E-state index in [1.807, 2.05) is 18.2 Å². The van der Waals surface area contributed by atoms with Gasteiger partial charge >= 0.3 is 6.09 Å². The summed E-state index contributed by atoms with van der Waals surface area (Å²) in [6.45, 7) is 7.57. The lowest BCUT2D eigenvalue weighted by atomic mass is 10.1. The highest BCUT2D eigenvalue weighted by Crippen LogP contribution is 2.08. The van der Waals surface area contributed by atoms with Crippen LogP contribution in [0.3, 0.4) is 0 Å². The van der Waals surface area contributed by atoms with Crippen molar-refractivity contribution >= 4 is 17.7 Å². The van der Waals surface area contributed by atoms with Gasteiger partial charge in [-0.1, -0.05) is 30.3 Å². The summed E-state index contributed by atoms with van der Waals surface area (Å²) in [7, 11) is 0. The number of hydrogen-bond donors (Lipinski definition) is 2. The van der Waals surface area contributed by atoms with Crippen molar-refractivity contribution in [2.24, 2.45) is 0 Å². The van der Waals surface area contributed by atoms with E-state index in [4.69, 9.17) is 4.74 Å². The molecule has 0 spiro atoms. The van der Waals surface area contributed by atoms with Gasteiger partial charge in [0.15, 0.2) is 11.6 Å². The van der Waals surface area contributed by atoms with Gasteiger partial charge in [0.05, 0.1) is 12.6 Å². The maximum absolute atomic E-state index is 11.9. The standard InChI is InChI=1S/C19H28N2O4/c1-14(22)16(21-18(24)25-19(2,3)4)11-8-12-20-13-17(23)15-9-6-5-7-10-15/h5-7,9-10,16,20H,8,11-13H2,1-4H3,(H,21,24)/t16-/m1/s1. The number of ether oxygens (including phenoxy) is 1. The molecule has 1 rings (SSSR count). The number of rotatable bonds is 9. The van der Waals surface area contributed by atoms with Crippen molar-refractivity contribution in [2.75, 3.05) is 13.1 Å². The highest BCUT2D eigenvalue weighted by atomic mass is 16.6. The van der Waals surface area contributed by atoms with Crippen LogP contribution in [-0.2, 0) is 9.53 Å². The molecule has 0 heterocycles. The Bertz CT molecular complexity index is 579. The fourth-order valence-corrected chi connectivity index (χ4v) is 2.19. The minimum atomic E-state index is -0.606. The molecular weight excluding hydrogens is 320 g/mol. The average Bonchev–Trinajstić information content (AvgIpc) is 2.52. The van der Waals surface area contributed by atoms with Crippen LogP contribution >= 0.6 is 0 Å². The summed E-state index contributed by atoms with van der Waals surface area (Å²) in [5.41, 5.74) is 0.0633. The average molecular weight is 348 g/mol. The molecule has 0 unspecified atom stereocenters. The first kappa shape index (κ1) is 20.8. The lowest BCUT2D eigenvalue weighted by Crippen LogP contribution is -2.43. The van der Waals surface area contributed by atoms with Gasteiger partial charge in [0, 0.05) is 5.56 Å². The fraction of sp³-hybridized carbons (Fsp3) is 0.526. The molecule has 1 atom stereocenters. The predicted molar refractivity (Wildman–Crippen MR) is 96.7 cm³/mol. The number of benzene rings is 1. The summed E-state index contributed by atoms with van der Waals surface area (Å²) in [6, 6.07) is 8.49. The number of carbonyl (C=O) groups excluding carboxylic acids is 3. The van der Waals surface area contributed by atoms with E-state index in [9.17, 15) is 14.4 Å². The second-order valence-corrected chi connectivity index (χ2v) is 6.92. The van der Waals surface area contributed by atoms with Gasteiger partial charge in [0.1, 0.15) is 5.60 Å². The van der Waals surface area contributed by atoms with E-state index in [0.717, 1.165) is 0 Å². The Kier molecular flexibility index (Phi) is 8.28. The van der Waals surface area contributed by atoms with E-state index < -0.39 is 17.7 Å². The summed E-state index contributed by atoms with van der Waals surface area (Å²) in [6.07, 6.45) is 0.545. The fourth-order valence-electron chi connectivity index (χ4n) is 2.19. The number of amides is 1. The van der Waals surface area contributed by atoms with E-state index >= 15 is 0 Å². The van der Waals surface area contributed by atoms with Crippen LogP contribution in [0.5, 0.6) is 0 Å². The van der Waals surface area contributed by atoms with Crippen LogP contribution in [0.25, 0.3) is 0 Å². The van der Waals surface area contributed by atoms with Crippen molar-refractivity contribution in [1.82, 2.24) is 10.6 Å². The molecule has 0 bridgehead atoms. The molecule has 2 N–H and O–H groups in total. The van der Waals surface area contributed by atoms with Crippen LogP contribution in [0.1, 0.15) is 50.9 Å². The number of Topliss-reactive ketones (excluding diaryl/α,β-unsaturated/α-hetero) is 2. The number of hydrogen-bond acceptors (Lipinski definition) is 5. The molecule has 25 heavy (non-hydrogen) atoms. The minimum Gasteiger partial charge on any atom is -0.444 e. The maximum Gasteiger partial charge on any atom is 0.408 e. The molecule has 0 aliphatic carbocycles. The molecule has 6 heteroatoms. The van der Waals surface area contributed by atoms with Crippen LogP contribution in [0.15, 0.2) is 30.3 Å². The zero-order valence-electron chi connectivity index (χ0n) is 15.4. The first-order valence-electron chi connectivity index (χ1n) is 8.48. The van der Waals surface area contributed by atoms with Gasteiger partial charge in [-0.3, -0.25) is 9.59 Å². The van der Waals surface area contributed by atoms with Crippen LogP contribution in [0.4, 0.5) is 4.79 Å². The molecular formula is C19H28N2O4. The third-order valence-electron chi connectivity index (χ3n) is 3.41. The number of nitrogens with one attached hydrogen (secondary N) is 2. The van der Waals surface area contributed by atoms with Crippen molar-refractivity contribution < 1.29 is 19.1 Å². The van der Waals surface area contributed by atoms with E-state index in [1.165, 1.54) is 6.92 Å². The van der Waals surface area contributed by atoms with Gasteiger partial charge in [-0.25, -0.2) is 4.79 Å². The third kappa shape index (κ3) is 9.00. The van der Waals surface area contributed by atoms with Crippen molar-refractivity contribution in [2.45, 2.75) is 52.2 Å². The monoisotopic (exact) mass is 348 g/mol. The molecule has 0 aromatic heterocycles. The molecule has 0 saturated heterocycles. The van der Waals surface area contributed by atoms with Gasteiger partial charge in [0.25, 0.3) is 0 Å². The van der Waals surface area contributed by atoms with Crippen LogP contribution < -0.4 is 10.6 Å². The van der Waals surface area contributed by atoms with Crippen molar-refractivity contribution in [3.8, 4) is 0 Å². The smallest absolute Gasteiger partial charge is 0.408 e. The Morgan fingerprint density at radius 1 is 1.12 bits per heavy atom. The molecule has 0 fully saturated rings. The Hall–Kier alpha value is -2.21. The normalized spacial score (nSPS) is 12.3. The van der Waals surface area contributed by atoms with E-state index in [-0.39, 0.29) is 18.1 Å². The van der Waals surface area contributed by atoms with Crippen molar-refractivity contribution in [1.29, 1.82) is 0 Å². The molecule has 0 radical (unpaired) electrons. The Morgan fingerprint density at radius 3 is 2.32 bits per heavy atom. The SMILES string of the molecule is CC(=O)[C@@H](CCCNCC(=O)c1ccccc1)NC(=O)OC(C)(C)C. The second kappa shape index (κ2) is 9.93. The van der Waals surface area contributed by atoms with Crippen LogP contribution in [0, 0.1) is 0 Å². The van der Waals surface area contributed by atoms with Gasteiger partial charge in [0.2, 0.25) is 0 Å². The van der Waals surface area contributed by atoms with Crippen molar-refractivity contribution in [3.05, 3.63) is 35.9 Å². The van der Waals surface area contributed by atoms with Crippen LogP contribution in [-0.4, -0.2) is 42.4 Å². The molecule has 0 aliphatic heterocycles. The van der Waals surface area contributed by atoms with Gasteiger partial charge < -0.3 is 15.4 Å². The zero-order valence-corrected chi connectivity index (χ0v) is 15.4. The number of carbonyl (C=O) groups is 3. The largest absolute Gasteiger partial charge is 0.444 e. The zero-order chi connectivity index (χ0) is 18.9. The first-order chi connectivity index (χ1) is 11.7. The van der Waals surface area contributed by atoms with E-state index in [2.05, 4.69) is 10.6 Å². The Labute approximate surface area is 149 Å². The molecule has 1 aromatic rings. The summed E-state index contributed by atoms with van der Waals surface area (Å²) in [5.74, 6) is -0.0955. The maximum atomic E-state index is 11.9. The van der Waals surface area contributed by atoms with E-state index in [1.54, 1.807) is 32.9 Å². The third-order valence-corrected chi connectivity index (χ3v) is 3.41. The summed E-state index contributed by atoms with van der Waals surface area (Å²) < 4.78 is 5.16. The Morgan fingerprint density at radius 2 is 1.76 bits per heavy atom. The van der Waals surface area contributed by atoms with E-state index in [0.29, 0.717) is 24.9 Å². The molecule has 0 aliphatic rings. The Balaban J connectivity index is 2.30. The molecule has 0 saturated carbocycles. The van der Waals surface area contributed by atoms with Crippen molar-refractivity contribution in [3.63, 3.8) is 0 Å². The first-order valence-corrected chi connectivity index (χ1v) is 8.48. The quantitative estimate of drug-likeness (QED) is 0.529.